The molecule has 0 saturated heterocycles. The Morgan fingerprint density at radius 3 is 2.64 bits per heavy atom. The predicted molar refractivity (Wildman–Crippen MR) is 79.3 cm³/mol. The van der Waals surface area contributed by atoms with Gasteiger partial charge in [0.05, 0.1) is 0 Å². The van der Waals surface area contributed by atoms with E-state index in [1.165, 1.54) is 12.1 Å². The van der Waals surface area contributed by atoms with E-state index in [1.807, 2.05) is 18.2 Å². The van der Waals surface area contributed by atoms with Gasteiger partial charge in [-0.2, -0.15) is 4.98 Å². The average Bonchev–Trinajstić information content (AvgIpc) is 2.96. The Hall–Kier alpha value is -2.40. The summed E-state index contributed by atoms with van der Waals surface area (Å²) in [5.74, 6) is 0.196. The van der Waals surface area contributed by atoms with Gasteiger partial charge in [0.2, 0.25) is 0 Å². The fourth-order valence-electron chi connectivity index (χ4n) is 1.91. The first kappa shape index (κ1) is 14.5. The molecule has 0 aliphatic carbocycles. The van der Waals surface area contributed by atoms with Crippen LogP contribution in [0.2, 0.25) is 5.02 Å². The minimum absolute atomic E-state index is 0.0806. The molecule has 0 fully saturated rings. The molecule has 3 aromatic rings. The Balaban J connectivity index is 1.61. The molecule has 22 heavy (non-hydrogen) atoms. The van der Waals surface area contributed by atoms with Crippen LogP contribution < -0.4 is 4.74 Å². The molecule has 1 heterocycles. The van der Waals surface area contributed by atoms with Gasteiger partial charge < -0.3 is 4.74 Å². The van der Waals surface area contributed by atoms with Crippen molar-refractivity contribution in [1.82, 2.24) is 10.1 Å². The van der Waals surface area contributed by atoms with Crippen LogP contribution in [-0.4, -0.2) is 10.1 Å². The lowest BCUT2D eigenvalue weighted by atomic mass is 10.1. The van der Waals surface area contributed by atoms with Crippen molar-refractivity contribution in [1.29, 1.82) is 0 Å². The summed E-state index contributed by atoms with van der Waals surface area (Å²) in [6, 6.07) is 13.5. The first-order valence-electron chi connectivity index (χ1n) is 6.64. The summed E-state index contributed by atoms with van der Waals surface area (Å²) in [4.78, 5) is 4.14. The lowest BCUT2D eigenvalue weighted by molar-refractivity contribution is 0.195. The summed E-state index contributed by atoms with van der Waals surface area (Å²) in [6.45, 7) is 0.248. The Kier molecular flexibility index (Phi) is 4.34. The second-order valence-corrected chi connectivity index (χ2v) is 5.07. The van der Waals surface area contributed by atoms with Crippen molar-refractivity contribution in [3.05, 3.63) is 76.3 Å². The highest BCUT2D eigenvalue weighted by molar-refractivity contribution is 6.31. The maximum Gasteiger partial charge on any atom is 0.417 e. The van der Waals surface area contributed by atoms with Crippen molar-refractivity contribution < 1.29 is 13.7 Å². The fraction of sp³-hybridized carbons (Fsp3) is 0.125. The van der Waals surface area contributed by atoms with Gasteiger partial charge in [0.25, 0.3) is 0 Å². The Morgan fingerprint density at radius 1 is 1.09 bits per heavy atom. The molecule has 0 bridgehead atoms. The monoisotopic (exact) mass is 318 g/mol. The summed E-state index contributed by atoms with van der Waals surface area (Å²) in [6.07, 6.45) is 0.524. The third kappa shape index (κ3) is 3.62. The topological polar surface area (TPSA) is 48.2 Å². The zero-order chi connectivity index (χ0) is 15.4. The van der Waals surface area contributed by atoms with Gasteiger partial charge in [-0.3, -0.25) is 4.52 Å². The molecule has 3 rings (SSSR count). The number of hydrogen-bond donors (Lipinski definition) is 0. The maximum absolute atomic E-state index is 12.8. The van der Waals surface area contributed by atoms with Crippen LogP contribution in [0.4, 0.5) is 4.39 Å². The highest BCUT2D eigenvalue weighted by Gasteiger charge is 2.09. The molecule has 2 aromatic carbocycles. The molecular formula is C16H12ClFN2O2. The number of aromatic nitrogens is 2. The minimum Gasteiger partial charge on any atom is -0.444 e. The van der Waals surface area contributed by atoms with Gasteiger partial charge in [0.1, 0.15) is 12.4 Å². The highest BCUT2D eigenvalue weighted by atomic mass is 35.5. The lowest BCUT2D eigenvalue weighted by Gasteiger charge is -2.02. The first-order valence-corrected chi connectivity index (χ1v) is 7.02. The van der Waals surface area contributed by atoms with Crippen molar-refractivity contribution in [3.8, 4) is 6.08 Å². The van der Waals surface area contributed by atoms with Crippen molar-refractivity contribution in [3.63, 3.8) is 0 Å². The van der Waals surface area contributed by atoms with E-state index in [0.717, 1.165) is 11.1 Å². The van der Waals surface area contributed by atoms with Crippen molar-refractivity contribution in [2.45, 2.75) is 13.0 Å². The van der Waals surface area contributed by atoms with Gasteiger partial charge in [-0.25, -0.2) is 4.39 Å². The Bertz CT molecular complexity index is 759. The molecule has 0 saturated carbocycles. The summed E-state index contributed by atoms with van der Waals surface area (Å²) < 4.78 is 23.3. The quantitative estimate of drug-likeness (QED) is 0.712. The second-order valence-electron chi connectivity index (χ2n) is 4.66. The van der Waals surface area contributed by atoms with E-state index in [-0.39, 0.29) is 18.5 Å². The number of nitrogens with zero attached hydrogens (tertiary/aromatic N) is 2. The van der Waals surface area contributed by atoms with Gasteiger partial charge in [-0.1, -0.05) is 47.1 Å². The first-order chi connectivity index (χ1) is 10.7. The van der Waals surface area contributed by atoms with Crippen LogP contribution in [0, 0.1) is 5.82 Å². The van der Waals surface area contributed by atoms with Gasteiger partial charge in [-0.05, 0) is 23.8 Å². The Morgan fingerprint density at radius 2 is 1.86 bits per heavy atom. The molecule has 0 spiro atoms. The van der Waals surface area contributed by atoms with Gasteiger partial charge in [-0.15, -0.1) is 0 Å². The lowest BCUT2D eigenvalue weighted by Crippen LogP contribution is -1.97. The van der Waals surface area contributed by atoms with Crippen LogP contribution in [0.25, 0.3) is 0 Å². The smallest absolute Gasteiger partial charge is 0.417 e. The number of hydrogen-bond acceptors (Lipinski definition) is 4. The van der Waals surface area contributed by atoms with E-state index in [9.17, 15) is 4.39 Å². The molecule has 0 amide bonds. The molecule has 0 aliphatic heterocycles. The van der Waals surface area contributed by atoms with Crippen LogP contribution in [0.15, 0.2) is 53.1 Å². The van der Waals surface area contributed by atoms with E-state index in [0.29, 0.717) is 17.3 Å². The number of benzene rings is 2. The molecule has 0 radical (unpaired) electrons. The van der Waals surface area contributed by atoms with Gasteiger partial charge in [0.15, 0.2) is 5.82 Å². The number of rotatable bonds is 5. The largest absolute Gasteiger partial charge is 0.444 e. The molecule has 0 unspecified atom stereocenters. The summed E-state index contributed by atoms with van der Waals surface area (Å²) in [5, 5.41) is 4.45. The van der Waals surface area contributed by atoms with Gasteiger partial charge >= 0.3 is 6.08 Å². The third-order valence-corrected chi connectivity index (χ3v) is 3.40. The van der Waals surface area contributed by atoms with Crippen molar-refractivity contribution in [2.24, 2.45) is 0 Å². The average molecular weight is 319 g/mol. The van der Waals surface area contributed by atoms with E-state index in [1.54, 1.807) is 18.2 Å². The van der Waals surface area contributed by atoms with E-state index in [4.69, 9.17) is 20.9 Å². The summed E-state index contributed by atoms with van der Waals surface area (Å²) in [5.41, 5.74) is 1.72. The van der Waals surface area contributed by atoms with E-state index in [2.05, 4.69) is 10.1 Å². The molecule has 0 N–H and O–H groups in total. The maximum atomic E-state index is 12.8. The SMILES string of the molecule is Fc1ccc(Cc2noc(OCc3ccccc3Cl)n2)cc1. The van der Waals surface area contributed by atoms with Crippen LogP contribution >= 0.6 is 11.6 Å². The van der Waals surface area contributed by atoms with Crippen molar-refractivity contribution in [2.75, 3.05) is 0 Å². The zero-order valence-electron chi connectivity index (χ0n) is 11.5. The molecule has 4 nitrogen and oxygen atoms in total. The van der Waals surface area contributed by atoms with Crippen molar-refractivity contribution >= 4 is 11.6 Å². The van der Waals surface area contributed by atoms with E-state index < -0.39 is 0 Å². The van der Waals surface area contributed by atoms with Crippen LogP contribution in [-0.2, 0) is 13.0 Å². The summed E-state index contributed by atoms with van der Waals surface area (Å²) >= 11 is 6.04. The van der Waals surface area contributed by atoms with Crippen LogP contribution in [0.1, 0.15) is 17.0 Å². The summed E-state index contributed by atoms with van der Waals surface area (Å²) in [7, 11) is 0. The number of halogens is 2. The standard InChI is InChI=1S/C16H12ClFN2O2/c17-14-4-2-1-3-12(14)10-21-16-19-15(20-22-16)9-11-5-7-13(18)8-6-11/h1-8H,9-10H2. The molecule has 1 aromatic heterocycles. The van der Waals surface area contributed by atoms with E-state index >= 15 is 0 Å². The number of ether oxygens (including phenoxy) is 1. The Labute approximate surface area is 131 Å². The van der Waals surface area contributed by atoms with Gasteiger partial charge in [0, 0.05) is 17.0 Å². The molecule has 112 valence electrons. The zero-order valence-corrected chi connectivity index (χ0v) is 12.3. The third-order valence-electron chi connectivity index (χ3n) is 3.03. The fourth-order valence-corrected chi connectivity index (χ4v) is 2.10. The molecule has 6 heteroatoms. The van der Waals surface area contributed by atoms with Crippen LogP contribution in [0.5, 0.6) is 6.08 Å². The highest BCUT2D eigenvalue weighted by Crippen LogP contribution is 2.18. The molecule has 0 aliphatic rings. The molecular weight excluding hydrogens is 307 g/mol. The van der Waals surface area contributed by atoms with Crippen LogP contribution in [0.3, 0.4) is 0 Å². The second kappa shape index (κ2) is 6.58. The molecule has 0 atom stereocenters. The minimum atomic E-state index is -0.277. The predicted octanol–water partition coefficient (Wildman–Crippen LogP) is 4.03. The normalized spacial score (nSPS) is 10.6.